The minimum absolute atomic E-state index is 0.228. The summed E-state index contributed by atoms with van der Waals surface area (Å²) in [5.41, 5.74) is 3.71. The number of aliphatic hydroxyl groups is 1. The van der Waals surface area contributed by atoms with E-state index in [0.29, 0.717) is 23.9 Å². The molecule has 1 aliphatic rings. The van der Waals surface area contributed by atoms with Crippen LogP contribution in [0.25, 0.3) is 22.1 Å². The molecule has 0 radical (unpaired) electrons. The molecule has 0 spiro atoms. The number of aliphatic hydroxyl groups excluding tert-OH is 1. The predicted molar refractivity (Wildman–Crippen MR) is 110 cm³/mol. The van der Waals surface area contributed by atoms with E-state index < -0.39 is 0 Å². The molecule has 1 fully saturated rings. The number of anilines is 2. The number of pyridine rings is 1. The summed E-state index contributed by atoms with van der Waals surface area (Å²) in [7, 11) is 0. The summed E-state index contributed by atoms with van der Waals surface area (Å²) in [6, 6.07) is 12.4. The van der Waals surface area contributed by atoms with Crippen LogP contribution < -0.4 is 10.2 Å². The Morgan fingerprint density at radius 1 is 1.18 bits per heavy atom. The molecule has 142 valence electrons. The zero-order valence-electron chi connectivity index (χ0n) is 15.5. The van der Waals surface area contributed by atoms with E-state index in [-0.39, 0.29) is 6.61 Å². The molecule has 0 saturated carbocycles. The summed E-state index contributed by atoms with van der Waals surface area (Å²) >= 11 is 0. The van der Waals surface area contributed by atoms with Gasteiger partial charge in [0, 0.05) is 43.9 Å². The van der Waals surface area contributed by atoms with E-state index in [1.54, 1.807) is 6.20 Å². The molecule has 0 aliphatic carbocycles. The summed E-state index contributed by atoms with van der Waals surface area (Å²) in [5, 5.41) is 13.9. The van der Waals surface area contributed by atoms with Gasteiger partial charge in [-0.3, -0.25) is 0 Å². The predicted octanol–water partition coefficient (Wildman–Crippen LogP) is 2.94. The van der Waals surface area contributed by atoms with Gasteiger partial charge in [0.15, 0.2) is 5.65 Å². The van der Waals surface area contributed by atoms with Crippen molar-refractivity contribution in [1.82, 2.24) is 19.9 Å². The highest BCUT2D eigenvalue weighted by atomic mass is 16.3. The lowest BCUT2D eigenvalue weighted by Crippen LogP contribution is -2.21. The maximum absolute atomic E-state index is 9.36. The van der Waals surface area contributed by atoms with Gasteiger partial charge in [0.05, 0.1) is 6.20 Å². The molecule has 4 heterocycles. The average molecular weight is 374 g/mol. The number of aromatic amines is 1. The Hall–Kier alpha value is -3.19. The highest BCUT2D eigenvalue weighted by molar-refractivity contribution is 5.80. The van der Waals surface area contributed by atoms with Crippen molar-refractivity contribution in [3.05, 3.63) is 54.4 Å². The third-order valence-corrected chi connectivity index (χ3v) is 5.35. The first-order valence-corrected chi connectivity index (χ1v) is 9.58. The van der Waals surface area contributed by atoms with Gasteiger partial charge in [-0.05, 0) is 41.6 Å². The van der Waals surface area contributed by atoms with Gasteiger partial charge in [0.1, 0.15) is 17.2 Å². The lowest BCUT2D eigenvalue weighted by atomic mass is 10.1. The monoisotopic (exact) mass is 374 g/mol. The molecular weight excluding hydrogens is 352 g/mol. The van der Waals surface area contributed by atoms with Crippen LogP contribution in [-0.2, 0) is 6.54 Å². The molecular formula is C21H22N6O. The number of nitrogens with one attached hydrogen (secondary N) is 2. The molecule has 1 saturated heterocycles. The first-order chi connectivity index (χ1) is 13.8. The zero-order valence-corrected chi connectivity index (χ0v) is 15.5. The number of nitrogens with zero attached hydrogens (tertiary/aromatic N) is 4. The van der Waals surface area contributed by atoms with Gasteiger partial charge in [0.25, 0.3) is 0 Å². The molecule has 28 heavy (non-hydrogen) atoms. The second-order valence-electron chi connectivity index (χ2n) is 7.30. The fourth-order valence-electron chi connectivity index (χ4n) is 3.74. The molecule has 4 aromatic rings. The van der Waals surface area contributed by atoms with Crippen LogP contribution in [0.5, 0.6) is 0 Å². The Labute approximate surface area is 162 Å². The number of hydrogen-bond acceptors (Lipinski definition) is 6. The van der Waals surface area contributed by atoms with Gasteiger partial charge in [-0.25, -0.2) is 15.0 Å². The van der Waals surface area contributed by atoms with Gasteiger partial charge >= 0.3 is 0 Å². The lowest BCUT2D eigenvalue weighted by Gasteiger charge is -2.17. The van der Waals surface area contributed by atoms with Crippen LogP contribution in [0.15, 0.2) is 48.8 Å². The number of hydrogen-bond donors (Lipinski definition) is 3. The van der Waals surface area contributed by atoms with Gasteiger partial charge in [-0.2, -0.15) is 0 Å². The van der Waals surface area contributed by atoms with Crippen LogP contribution in [0.2, 0.25) is 0 Å². The van der Waals surface area contributed by atoms with Crippen molar-refractivity contribution in [2.24, 2.45) is 5.92 Å². The molecule has 0 unspecified atom stereocenters. The lowest BCUT2D eigenvalue weighted by molar-refractivity contribution is 0.238. The van der Waals surface area contributed by atoms with E-state index in [1.165, 1.54) is 10.9 Å². The number of benzene rings is 1. The fourth-order valence-corrected chi connectivity index (χ4v) is 3.74. The largest absolute Gasteiger partial charge is 0.396 e. The van der Waals surface area contributed by atoms with Crippen molar-refractivity contribution in [2.75, 3.05) is 29.9 Å². The normalized spacial score (nSPS) is 16.9. The van der Waals surface area contributed by atoms with E-state index in [9.17, 15) is 5.11 Å². The standard InChI is InChI=1S/C21H22N6O/c28-13-15-6-8-27(12-15)20-4-3-17-21(26-20)25-19(11-23-17)24-10-14-1-2-16-5-7-22-18(16)9-14/h1-5,7,9,11,15,22,28H,6,8,10,12-13H2,(H,24,25,26)/t15-/m0/s1. The van der Waals surface area contributed by atoms with E-state index in [4.69, 9.17) is 4.98 Å². The van der Waals surface area contributed by atoms with Gasteiger partial charge in [-0.15, -0.1) is 0 Å². The molecule has 1 atom stereocenters. The summed E-state index contributed by atoms with van der Waals surface area (Å²) in [5.74, 6) is 1.93. The smallest absolute Gasteiger partial charge is 0.182 e. The van der Waals surface area contributed by atoms with Crippen molar-refractivity contribution in [3.63, 3.8) is 0 Å². The Kier molecular flexibility index (Phi) is 4.29. The summed E-state index contributed by atoms with van der Waals surface area (Å²) in [6.07, 6.45) is 4.69. The molecule has 0 amide bonds. The van der Waals surface area contributed by atoms with Crippen LogP contribution in [0.4, 0.5) is 11.6 Å². The fraction of sp³-hybridized carbons (Fsp3) is 0.286. The number of fused-ring (bicyclic) bond motifs is 2. The minimum atomic E-state index is 0.228. The van der Waals surface area contributed by atoms with Crippen LogP contribution in [-0.4, -0.2) is 44.7 Å². The Morgan fingerprint density at radius 3 is 3.04 bits per heavy atom. The number of rotatable bonds is 5. The molecule has 1 aromatic carbocycles. The molecule has 3 N–H and O–H groups in total. The Balaban J connectivity index is 1.34. The summed E-state index contributed by atoms with van der Waals surface area (Å²) < 4.78 is 0. The highest BCUT2D eigenvalue weighted by Crippen LogP contribution is 2.23. The van der Waals surface area contributed by atoms with Crippen LogP contribution in [0, 0.1) is 5.92 Å². The third-order valence-electron chi connectivity index (χ3n) is 5.35. The second kappa shape index (κ2) is 7.09. The van der Waals surface area contributed by atoms with Crippen molar-refractivity contribution < 1.29 is 5.11 Å². The Morgan fingerprint density at radius 2 is 2.14 bits per heavy atom. The van der Waals surface area contributed by atoms with Crippen LogP contribution >= 0.6 is 0 Å². The highest BCUT2D eigenvalue weighted by Gasteiger charge is 2.23. The molecule has 5 rings (SSSR count). The van der Waals surface area contributed by atoms with Crippen LogP contribution in [0.3, 0.4) is 0 Å². The first kappa shape index (κ1) is 16.9. The van der Waals surface area contributed by atoms with E-state index in [0.717, 1.165) is 36.4 Å². The zero-order chi connectivity index (χ0) is 18.9. The maximum atomic E-state index is 9.36. The van der Waals surface area contributed by atoms with Crippen molar-refractivity contribution >= 4 is 33.7 Å². The first-order valence-electron chi connectivity index (χ1n) is 9.58. The number of H-pyrrole nitrogens is 1. The molecule has 0 bridgehead atoms. The maximum Gasteiger partial charge on any atom is 0.182 e. The van der Waals surface area contributed by atoms with Crippen molar-refractivity contribution in [1.29, 1.82) is 0 Å². The van der Waals surface area contributed by atoms with Crippen LogP contribution in [0.1, 0.15) is 12.0 Å². The molecule has 7 nitrogen and oxygen atoms in total. The summed E-state index contributed by atoms with van der Waals surface area (Å²) in [4.78, 5) is 19.3. The molecule has 7 heteroatoms. The van der Waals surface area contributed by atoms with Crippen molar-refractivity contribution in [2.45, 2.75) is 13.0 Å². The van der Waals surface area contributed by atoms with Gasteiger partial charge in [-0.1, -0.05) is 12.1 Å². The second-order valence-corrected chi connectivity index (χ2v) is 7.30. The van der Waals surface area contributed by atoms with E-state index in [2.05, 4.69) is 49.4 Å². The third kappa shape index (κ3) is 3.25. The average Bonchev–Trinajstić information content (AvgIpc) is 3.40. The molecule has 3 aromatic heterocycles. The molecule has 1 aliphatic heterocycles. The Bertz CT molecular complexity index is 1120. The van der Waals surface area contributed by atoms with Crippen molar-refractivity contribution in [3.8, 4) is 0 Å². The van der Waals surface area contributed by atoms with E-state index >= 15 is 0 Å². The minimum Gasteiger partial charge on any atom is -0.396 e. The van der Waals surface area contributed by atoms with Gasteiger partial charge < -0.3 is 20.3 Å². The number of aromatic nitrogens is 4. The SMILES string of the molecule is OC[C@H]1CCN(c2ccc3ncc(NCc4ccc5cc[nH]c5c4)nc3n2)C1. The quantitative estimate of drug-likeness (QED) is 0.498. The van der Waals surface area contributed by atoms with E-state index in [1.807, 2.05) is 18.3 Å². The topological polar surface area (TPSA) is 90.0 Å². The van der Waals surface area contributed by atoms with Gasteiger partial charge in [0.2, 0.25) is 0 Å². The summed E-state index contributed by atoms with van der Waals surface area (Å²) in [6.45, 7) is 2.64.